The maximum Gasteiger partial charge on any atom is 0.137 e. The number of para-hydroxylation sites is 4. The Hall–Kier alpha value is -7.04. The Morgan fingerprint density at radius 2 is 0.923 bits per heavy atom. The molecule has 4 heteroatoms. The van der Waals surface area contributed by atoms with Gasteiger partial charge >= 0.3 is 0 Å². The van der Waals surface area contributed by atoms with E-state index in [9.17, 15) is 0 Å². The van der Waals surface area contributed by atoms with Crippen LogP contribution in [0, 0.1) is 0 Å². The van der Waals surface area contributed by atoms with Crippen LogP contribution in [0.1, 0.15) is 0 Å². The van der Waals surface area contributed by atoms with Gasteiger partial charge in [0.2, 0.25) is 0 Å². The van der Waals surface area contributed by atoms with Crippen LogP contribution in [-0.4, -0.2) is 9.55 Å². The van der Waals surface area contributed by atoms with Gasteiger partial charge in [-0.05, 0) is 59.7 Å². The summed E-state index contributed by atoms with van der Waals surface area (Å²) in [5.41, 5.74) is 11.9. The fraction of sp³-hybridized carbons (Fsp3) is 0. The third-order valence-corrected chi connectivity index (χ3v) is 10.4. The number of aromatic amines is 1. The van der Waals surface area contributed by atoms with Crippen LogP contribution < -0.4 is 0 Å². The lowest BCUT2D eigenvalue weighted by Crippen LogP contribution is -1.94. The Morgan fingerprint density at radius 1 is 0.327 bits per heavy atom. The van der Waals surface area contributed by atoms with Gasteiger partial charge in [-0.1, -0.05) is 115 Å². The lowest BCUT2D eigenvalue weighted by Gasteiger charge is -2.10. The minimum Gasteiger partial charge on any atom is -0.456 e. The molecule has 0 fully saturated rings. The van der Waals surface area contributed by atoms with Crippen LogP contribution in [0.5, 0.6) is 0 Å². The standard InChI is InChI=1S/C30H19NO.C18H11NO/c1-2-9-20(10-3-1)21-11-8-12-22(17-21)31-27-15-6-4-13-23(27)25-18-26-24-14-5-7-16-29(24)32-30(26)19-28(25)31;1-3-7-15-11(5-1)13-9-14-12-6-2-4-8-17(12)20-18(14)10-16(13)19-15/h1-19H;1-10,19H. The fourth-order valence-corrected chi connectivity index (χ4v) is 7.99. The molecule has 1 N–H and O–H groups in total. The predicted molar refractivity (Wildman–Crippen MR) is 217 cm³/mol. The molecule has 0 amide bonds. The summed E-state index contributed by atoms with van der Waals surface area (Å²) in [5.74, 6) is 0. The van der Waals surface area contributed by atoms with Gasteiger partial charge in [-0.25, -0.2) is 0 Å². The normalized spacial score (nSPS) is 11.8. The van der Waals surface area contributed by atoms with Gasteiger partial charge < -0.3 is 18.4 Å². The van der Waals surface area contributed by atoms with Crippen molar-refractivity contribution in [3.8, 4) is 16.8 Å². The molecule has 0 bridgehead atoms. The van der Waals surface area contributed by atoms with Gasteiger partial charge in [-0.2, -0.15) is 0 Å². The third kappa shape index (κ3) is 4.41. The molecule has 0 aliphatic rings. The maximum absolute atomic E-state index is 6.23. The number of nitrogens with zero attached hydrogens (tertiary/aromatic N) is 1. The van der Waals surface area contributed by atoms with E-state index in [0.29, 0.717) is 0 Å². The Labute approximate surface area is 297 Å². The number of rotatable bonds is 2. The molecule has 52 heavy (non-hydrogen) atoms. The minimum absolute atomic E-state index is 0.918. The van der Waals surface area contributed by atoms with Crippen molar-refractivity contribution < 1.29 is 8.83 Å². The summed E-state index contributed by atoms with van der Waals surface area (Å²) in [4.78, 5) is 3.45. The number of hydrogen-bond acceptors (Lipinski definition) is 2. The number of nitrogens with one attached hydrogen (secondary N) is 1. The summed E-state index contributed by atoms with van der Waals surface area (Å²) in [6, 6.07) is 61.6. The zero-order valence-corrected chi connectivity index (χ0v) is 28.0. The van der Waals surface area contributed by atoms with Crippen molar-refractivity contribution in [3.05, 3.63) is 176 Å². The molecular weight excluding hydrogens is 637 g/mol. The average Bonchev–Trinajstić information content (AvgIpc) is 3.95. The van der Waals surface area contributed by atoms with Crippen molar-refractivity contribution in [2.45, 2.75) is 0 Å². The Morgan fingerprint density at radius 3 is 1.69 bits per heavy atom. The largest absolute Gasteiger partial charge is 0.456 e. The van der Waals surface area contributed by atoms with Crippen molar-refractivity contribution in [2.75, 3.05) is 0 Å². The van der Waals surface area contributed by atoms with Crippen LogP contribution in [0.3, 0.4) is 0 Å². The van der Waals surface area contributed by atoms with Gasteiger partial charge in [0.1, 0.15) is 22.3 Å². The molecule has 4 aromatic heterocycles. The van der Waals surface area contributed by atoms with E-state index in [4.69, 9.17) is 8.83 Å². The zero-order valence-electron chi connectivity index (χ0n) is 28.0. The summed E-state index contributed by atoms with van der Waals surface area (Å²) in [6.07, 6.45) is 0. The SMILES string of the molecule is c1ccc(-c2cccc(-n3c4ccccc4c4cc5c(cc43)oc3ccccc35)c2)cc1.c1ccc2c(c1)[nH]c1cc3oc4ccccc4c3cc12. The van der Waals surface area contributed by atoms with Crippen LogP contribution in [0.2, 0.25) is 0 Å². The Kier molecular flexibility index (Phi) is 6.22. The monoisotopic (exact) mass is 666 g/mol. The highest BCUT2D eigenvalue weighted by Crippen LogP contribution is 2.39. The van der Waals surface area contributed by atoms with E-state index in [1.807, 2.05) is 24.3 Å². The second-order valence-corrected chi connectivity index (χ2v) is 13.4. The summed E-state index contributed by atoms with van der Waals surface area (Å²) >= 11 is 0. The average molecular weight is 667 g/mol. The lowest BCUT2D eigenvalue weighted by atomic mass is 10.1. The minimum atomic E-state index is 0.918. The molecule has 12 aromatic rings. The quantitative estimate of drug-likeness (QED) is 0.200. The van der Waals surface area contributed by atoms with Gasteiger partial charge in [0.15, 0.2) is 0 Å². The number of fused-ring (bicyclic) bond motifs is 12. The van der Waals surface area contributed by atoms with Gasteiger partial charge in [-0.3, -0.25) is 0 Å². The number of furan rings is 2. The molecule has 0 saturated heterocycles. The first kappa shape index (κ1) is 28.8. The maximum atomic E-state index is 6.23. The molecule has 0 radical (unpaired) electrons. The van der Waals surface area contributed by atoms with E-state index in [2.05, 4.69) is 161 Å². The summed E-state index contributed by atoms with van der Waals surface area (Å²) in [7, 11) is 0. The van der Waals surface area contributed by atoms with Crippen LogP contribution in [0.15, 0.2) is 185 Å². The van der Waals surface area contributed by atoms with Crippen LogP contribution in [-0.2, 0) is 0 Å². The van der Waals surface area contributed by atoms with E-state index in [0.717, 1.165) is 49.8 Å². The highest BCUT2D eigenvalue weighted by molar-refractivity contribution is 6.18. The second-order valence-electron chi connectivity index (χ2n) is 13.4. The van der Waals surface area contributed by atoms with E-state index in [1.54, 1.807) is 0 Å². The number of benzene rings is 8. The summed E-state index contributed by atoms with van der Waals surface area (Å²) in [6.45, 7) is 0. The molecule has 0 atom stereocenters. The van der Waals surface area contributed by atoms with Crippen LogP contribution >= 0.6 is 0 Å². The Balaban J connectivity index is 0.000000137. The fourth-order valence-electron chi connectivity index (χ4n) is 7.99. The highest BCUT2D eigenvalue weighted by Gasteiger charge is 2.16. The zero-order chi connectivity index (χ0) is 34.2. The van der Waals surface area contributed by atoms with E-state index < -0.39 is 0 Å². The van der Waals surface area contributed by atoms with E-state index in [-0.39, 0.29) is 0 Å². The molecule has 0 aliphatic carbocycles. The van der Waals surface area contributed by atoms with Crippen molar-refractivity contribution in [1.82, 2.24) is 9.55 Å². The first-order valence-electron chi connectivity index (χ1n) is 17.6. The first-order chi connectivity index (χ1) is 25.8. The molecule has 4 nitrogen and oxygen atoms in total. The van der Waals surface area contributed by atoms with Crippen molar-refractivity contribution in [3.63, 3.8) is 0 Å². The number of H-pyrrole nitrogens is 1. The number of aromatic nitrogens is 2. The summed E-state index contributed by atoms with van der Waals surface area (Å²) in [5, 5.41) is 9.67. The number of hydrogen-bond donors (Lipinski definition) is 1. The van der Waals surface area contributed by atoms with E-state index >= 15 is 0 Å². The third-order valence-electron chi connectivity index (χ3n) is 10.4. The topological polar surface area (TPSA) is 47.0 Å². The van der Waals surface area contributed by atoms with Crippen molar-refractivity contribution in [2.24, 2.45) is 0 Å². The molecule has 0 spiro atoms. The van der Waals surface area contributed by atoms with Gasteiger partial charge in [0.05, 0.1) is 16.6 Å². The molecule has 12 rings (SSSR count). The molecule has 244 valence electrons. The van der Waals surface area contributed by atoms with Crippen molar-refractivity contribution >= 4 is 87.5 Å². The highest BCUT2D eigenvalue weighted by atomic mass is 16.3. The van der Waals surface area contributed by atoms with Crippen LogP contribution in [0.4, 0.5) is 0 Å². The molecule has 4 heterocycles. The van der Waals surface area contributed by atoms with Gasteiger partial charge in [0, 0.05) is 66.4 Å². The smallest absolute Gasteiger partial charge is 0.137 e. The van der Waals surface area contributed by atoms with Gasteiger partial charge in [0.25, 0.3) is 0 Å². The van der Waals surface area contributed by atoms with Crippen molar-refractivity contribution in [1.29, 1.82) is 0 Å². The van der Waals surface area contributed by atoms with Gasteiger partial charge in [-0.15, -0.1) is 0 Å². The molecule has 0 saturated carbocycles. The molecule has 0 unspecified atom stereocenters. The molecular formula is C48H30N2O2. The van der Waals surface area contributed by atoms with Crippen LogP contribution in [0.25, 0.3) is 104 Å². The second kappa shape index (κ2) is 11.2. The Bertz CT molecular complexity index is 3220. The molecule has 8 aromatic carbocycles. The first-order valence-corrected chi connectivity index (χ1v) is 17.6. The summed E-state index contributed by atoms with van der Waals surface area (Å²) < 4.78 is 14.5. The predicted octanol–water partition coefficient (Wildman–Crippen LogP) is 13.6. The molecule has 0 aliphatic heterocycles. The van der Waals surface area contributed by atoms with E-state index in [1.165, 1.54) is 54.5 Å². The lowest BCUT2D eigenvalue weighted by molar-refractivity contribution is 0.669.